The fourth-order valence-corrected chi connectivity index (χ4v) is 5.75. The van der Waals surface area contributed by atoms with E-state index in [-0.39, 0.29) is 5.78 Å². The van der Waals surface area contributed by atoms with Gasteiger partial charge in [0.25, 0.3) is 0 Å². The monoisotopic (exact) mass is 501 g/mol. The van der Waals surface area contributed by atoms with E-state index in [1.165, 1.54) is 7.11 Å². The quantitative estimate of drug-likeness (QED) is 0.544. The number of aryl methyl sites for hydroxylation is 1. The van der Waals surface area contributed by atoms with Gasteiger partial charge in [-0.15, -0.1) is 11.3 Å². The van der Waals surface area contributed by atoms with Gasteiger partial charge < -0.3 is 14.8 Å². The van der Waals surface area contributed by atoms with E-state index in [2.05, 4.69) is 27.3 Å². The number of carbonyl (C=O) groups excluding carboxylic acids is 2. The number of esters is 1. The van der Waals surface area contributed by atoms with Gasteiger partial charge in [-0.05, 0) is 60.8 Å². The Kier molecular flexibility index (Phi) is 6.34. The maximum atomic E-state index is 12.9. The minimum Gasteiger partial charge on any atom is -0.488 e. The minimum absolute atomic E-state index is 0.102. The molecule has 1 aromatic heterocycles. The SMILES string of the molecule is COC(=O)C1=C(C)NC2=C(C(=O)CCC2)C1c1cc(COc2ccccc2Br)c(C)s1. The van der Waals surface area contributed by atoms with Crippen LogP contribution in [0.1, 0.15) is 47.4 Å². The van der Waals surface area contributed by atoms with E-state index in [1.807, 2.05) is 38.1 Å². The normalized spacial score (nSPS) is 18.6. The topological polar surface area (TPSA) is 64.6 Å². The molecule has 1 aromatic carbocycles. The van der Waals surface area contributed by atoms with Crippen molar-refractivity contribution in [3.05, 3.63) is 72.7 Å². The highest BCUT2D eigenvalue weighted by molar-refractivity contribution is 9.10. The van der Waals surface area contributed by atoms with Gasteiger partial charge >= 0.3 is 5.97 Å². The van der Waals surface area contributed by atoms with Crippen LogP contribution >= 0.6 is 27.3 Å². The summed E-state index contributed by atoms with van der Waals surface area (Å²) in [5.41, 5.74) is 3.94. The molecule has 31 heavy (non-hydrogen) atoms. The van der Waals surface area contributed by atoms with Crippen LogP contribution in [-0.4, -0.2) is 18.9 Å². The number of rotatable bonds is 5. The van der Waals surface area contributed by atoms with Crippen molar-refractivity contribution in [2.24, 2.45) is 0 Å². The maximum absolute atomic E-state index is 12.9. The molecule has 1 aliphatic carbocycles. The van der Waals surface area contributed by atoms with Crippen LogP contribution in [0, 0.1) is 6.92 Å². The Labute approximate surface area is 194 Å². The van der Waals surface area contributed by atoms with E-state index in [1.54, 1.807) is 11.3 Å². The fourth-order valence-electron chi connectivity index (χ4n) is 4.20. The van der Waals surface area contributed by atoms with Crippen LogP contribution in [0.5, 0.6) is 5.75 Å². The Bertz CT molecular complexity index is 1110. The molecule has 1 N–H and O–H groups in total. The maximum Gasteiger partial charge on any atom is 0.336 e. The van der Waals surface area contributed by atoms with E-state index in [0.717, 1.165) is 49.8 Å². The summed E-state index contributed by atoms with van der Waals surface area (Å²) in [7, 11) is 1.38. The smallest absolute Gasteiger partial charge is 0.336 e. The highest BCUT2D eigenvalue weighted by atomic mass is 79.9. The molecule has 0 saturated carbocycles. The number of Topliss-reactive ketones (excluding diaryl/α,β-unsaturated/α-hetero) is 1. The summed E-state index contributed by atoms with van der Waals surface area (Å²) < 4.78 is 12.0. The zero-order valence-electron chi connectivity index (χ0n) is 17.7. The standard InChI is InChI=1S/C24H24BrNO4S/c1-13-21(24(28)29-3)23(22-17(26-13)8-6-9-18(22)27)20-11-15(14(2)31-20)12-30-19-10-5-4-7-16(19)25/h4-5,7,10-11,23,26H,6,8-9,12H2,1-3H3. The second-order valence-electron chi connectivity index (χ2n) is 7.71. The minimum atomic E-state index is -0.406. The second-order valence-corrected chi connectivity index (χ2v) is 9.85. The Morgan fingerprint density at radius 3 is 2.77 bits per heavy atom. The highest BCUT2D eigenvalue weighted by Crippen LogP contribution is 2.45. The zero-order valence-corrected chi connectivity index (χ0v) is 20.1. The first-order valence-corrected chi connectivity index (χ1v) is 11.8. The molecular formula is C24H24BrNO4S. The van der Waals surface area contributed by atoms with Gasteiger partial charge in [0.2, 0.25) is 0 Å². The average molecular weight is 502 g/mol. The third-order valence-corrected chi connectivity index (χ3v) is 7.54. The van der Waals surface area contributed by atoms with E-state index in [9.17, 15) is 9.59 Å². The first kappa shape index (κ1) is 21.8. The molecule has 5 nitrogen and oxygen atoms in total. The Hall–Kier alpha value is -2.38. The van der Waals surface area contributed by atoms with Crippen molar-refractivity contribution in [2.45, 2.75) is 45.6 Å². The van der Waals surface area contributed by atoms with Gasteiger partial charge in [0.05, 0.1) is 23.1 Å². The first-order valence-electron chi connectivity index (χ1n) is 10.2. The Morgan fingerprint density at radius 2 is 2.03 bits per heavy atom. The Balaban J connectivity index is 1.71. The average Bonchev–Trinajstić information content (AvgIpc) is 3.12. The third kappa shape index (κ3) is 4.21. The van der Waals surface area contributed by atoms with Crippen LogP contribution in [0.4, 0.5) is 0 Å². The zero-order chi connectivity index (χ0) is 22.1. The number of nitrogens with one attached hydrogen (secondary N) is 1. The predicted molar refractivity (Wildman–Crippen MR) is 124 cm³/mol. The molecule has 162 valence electrons. The number of halogens is 1. The molecule has 0 saturated heterocycles. The van der Waals surface area contributed by atoms with Gasteiger partial charge in [0.15, 0.2) is 5.78 Å². The molecule has 4 rings (SSSR count). The summed E-state index contributed by atoms with van der Waals surface area (Å²) in [5, 5.41) is 3.30. The lowest BCUT2D eigenvalue weighted by Crippen LogP contribution is -2.33. The number of thiophene rings is 1. The van der Waals surface area contributed by atoms with Crippen molar-refractivity contribution in [2.75, 3.05) is 7.11 Å². The lowest BCUT2D eigenvalue weighted by atomic mass is 9.78. The number of methoxy groups -OCH3 is 1. The van der Waals surface area contributed by atoms with Crippen LogP contribution in [0.15, 0.2) is 57.3 Å². The Morgan fingerprint density at radius 1 is 1.26 bits per heavy atom. The summed E-state index contributed by atoms with van der Waals surface area (Å²) in [6.45, 7) is 4.33. The summed E-state index contributed by atoms with van der Waals surface area (Å²) >= 11 is 5.11. The van der Waals surface area contributed by atoms with E-state index in [4.69, 9.17) is 9.47 Å². The predicted octanol–water partition coefficient (Wildman–Crippen LogP) is 5.54. The van der Waals surface area contributed by atoms with E-state index >= 15 is 0 Å². The molecule has 2 heterocycles. The molecule has 0 fully saturated rings. The summed E-state index contributed by atoms with van der Waals surface area (Å²) in [4.78, 5) is 27.7. The third-order valence-electron chi connectivity index (χ3n) is 5.73. The largest absolute Gasteiger partial charge is 0.488 e. The number of para-hydroxylation sites is 1. The molecule has 0 bridgehead atoms. The summed E-state index contributed by atoms with van der Waals surface area (Å²) in [6, 6.07) is 9.79. The first-order chi connectivity index (χ1) is 14.9. The molecule has 0 spiro atoms. The van der Waals surface area contributed by atoms with Crippen molar-refractivity contribution in [3.8, 4) is 5.75 Å². The van der Waals surface area contributed by atoms with E-state index in [0.29, 0.717) is 24.2 Å². The van der Waals surface area contributed by atoms with Gasteiger partial charge in [-0.2, -0.15) is 0 Å². The highest BCUT2D eigenvalue weighted by Gasteiger charge is 2.39. The summed E-state index contributed by atoms with van der Waals surface area (Å²) in [5.74, 6) is 0.0640. The van der Waals surface area contributed by atoms with Crippen molar-refractivity contribution in [3.63, 3.8) is 0 Å². The second kappa shape index (κ2) is 9.01. The number of dihydropyridines is 1. The molecule has 0 radical (unpaired) electrons. The molecule has 1 atom stereocenters. The van der Waals surface area contributed by atoms with Gasteiger partial charge in [0.1, 0.15) is 12.4 Å². The number of benzene rings is 1. The molecule has 7 heteroatoms. The van der Waals surface area contributed by atoms with Gasteiger partial charge in [-0.1, -0.05) is 12.1 Å². The lowest BCUT2D eigenvalue weighted by molar-refractivity contribution is -0.136. The number of hydrogen-bond donors (Lipinski definition) is 1. The molecule has 1 aliphatic heterocycles. The number of carbonyl (C=O) groups is 2. The molecule has 1 unspecified atom stereocenters. The van der Waals surface area contributed by atoms with Crippen LogP contribution in [0.3, 0.4) is 0 Å². The number of ketones is 1. The van der Waals surface area contributed by atoms with Crippen LogP contribution in [-0.2, 0) is 20.9 Å². The van der Waals surface area contributed by atoms with Crippen molar-refractivity contribution >= 4 is 39.0 Å². The van der Waals surface area contributed by atoms with Gasteiger partial charge in [0, 0.05) is 38.7 Å². The summed E-state index contributed by atoms with van der Waals surface area (Å²) in [6.07, 6.45) is 2.14. The number of hydrogen-bond acceptors (Lipinski definition) is 6. The number of ether oxygens (including phenoxy) is 2. The van der Waals surface area contributed by atoms with Gasteiger partial charge in [-0.25, -0.2) is 4.79 Å². The molecule has 2 aromatic rings. The number of allylic oxidation sites excluding steroid dienone is 3. The molecule has 0 amide bonds. The van der Waals surface area contributed by atoms with Crippen LogP contribution in [0.25, 0.3) is 0 Å². The van der Waals surface area contributed by atoms with Gasteiger partial charge in [-0.3, -0.25) is 4.79 Å². The van der Waals surface area contributed by atoms with Crippen LogP contribution in [0.2, 0.25) is 0 Å². The lowest BCUT2D eigenvalue weighted by Gasteiger charge is -2.33. The van der Waals surface area contributed by atoms with Crippen molar-refractivity contribution in [1.29, 1.82) is 0 Å². The van der Waals surface area contributed by atoms with Crippen LogP contribution < -0.4 is 10.1 Å². The van der Waals surface area contributed by atoms with Crippen molar-refractivity contribution in [1.82, 2.24) is 5.32 Å². The molecular weight excluding hydrogens is 478 g/mol. The molecule has 2 aliphatic rings. The van der Waals surface area contributed by atoms with E-state index < -0.39 is 11.9 Å². The van der Waals surface area contributed by atoms with Crippen molar-refractivity contribution < 1.29 is 19.1 Å². The fraction of sp³-hybridized carbons (Fsp3) is 0.333.